The van der Waals surface area contributed by atoms with Crippen LogP contribution in [-0.4, -0.2) is 20.8 Å². The summed E-state index contributed by atoms with van der Waals surface area (Å²) in [6, 6.07) is 76.7. The molecule has 1 aliphatic rings. The molecule has 4 heterocycles. The molecule has 0 bridgehead atoms. The highest BCUT2D eigenvalue weighted by atomic mass is 16.5. The van der Waals surface area contributed by atoms with Crippen molar-refractivity contribution in [3.8, 4) is 45.3 Å². The van der Waals surface area contributed by atoms with E-state index >= 15 is 0 Å². The van der Waals surface area contributed by atoms with Gasteiger partial charge in [0.25, 0.3) is 0 Å². The maximum absolute atomic E-state index is 6.88. The Morgan fingerprint density at radius 3 is 1.64 bits per heavy atom. The molecule has 0 saturated heterocycles. The number of pyridine rings is 1. The minimum Gasteiger partial charge on any atom is -0.457 e. The number of para-hydroxylation sites is 3. The second-order valence-electron chi connectivity index (χ2n) is 22.2. The fraction of sp³-hybridized carbons (Fsp3) is 0.145. The first-order valence-electron chi connectivity index (χ1n) is 26.1. The molecule has 13 rings (SSSR count). The lowest BCUT2D eigenvalue weighted by molar-refractivity contribution is 0.483. The summed E-state index contributed by atoms with van der Waals surface area (Å²) in [4.78, 5) is 10.1. The first-order chi connectivity index (χ1) is 36.3. The van der Waals surface area contributed by atoms with Crippen LogP contribution in [0.3, 0.4) is 0 Å². The molecule has 6 heteroatoms. The number of aromatic nitrogens is 3. The van der Waals surface area contributed by atoms with Crippen LogP contribution in [0.1, 0.15) is 58.2 Å². The van der Waals surface area contributed by atoms with Gasteiger partial charge >= 0.3 is 0 Å². The second-order valence-corrected chi connectivity index (χ2v) is 22.2. The number of anilines is 4. The topological polar surface area (TPSA) is 38.5 Å². The number of aryl methyl sites for hydroxylation is 1. The van der Waals surface area contributed by atoms with E-state index in [0.29, 0.717) is 6.67 Å². The van der Waals surface area contributed by atoms with Crippen LogP contribution in [0.15, 0.2) is 219 Å². The third-order valence-electron chi connectivity index (χ3n) is 15.2. The average molecular weight is 974 g/mol. The monoisotopic (exact) mass is 973 g/mol. The highest BCUT2D eigenvalue weighted by Gasteiger charge is 2.31. The molecule has 0 aliphatic carbocycles. The minimum atomic E-state index is -0.0167. The van der Waals surface area contributed by atoms with Crippen LogP contribution in [0.25, 0.3) is 77.4 Å². The predicted octanol–water partition coefficient (Wildman–Crippen LogP) is 18.6. The first kappa shape index (κ1) is 46.0. The van der Waals surface area contributed by atoms with E-state index in [-0.39, 0.29) is 10.8 Å². The summed E-state index contributed by atoms with van der Waals surface area (Å²) in [5.41, 5.74) is 18.6. The van der Waals surface area contributed by atoms with Crippen LogP contribution in [0, 0.1) is 6.92 Å². The molecule has 12 aromatic rings. The summed E-state index contributed by atoms with van der Waals surface area (Å²) < 4.78 is 11.5. The molecule has 9 aromatic carbocycles. The second kappa shape index (κ2) is 17.7. The smallest absolute Gasteiger partial charge is 0.137 e. The van der Waals surface area contributed by atoms with E-state index in [1.54, 1.807) is 0 Å². The van der Waals surface area contributed by atoms with Gasteiger partial charge in [-0.3, -0.25) is 4.57 Å². The van der Waals surface area contributed by atoms with Crippen LogP contribution in [0.2, 0.25) is 0 Å². The zero-order chi connectivity index (χ0) is 51.2. The predicted molar refractivity (Wildman–Crippen MR) is 314 cm³/mol. The average Bonchev–Trinajstić information content (AvgIpc) is 4.12. The fourth-order valence-electron chi connectivity index (χ4n) is 11.2. The zero-order valence-electron chi connectivity index (χ0n) is 43.6. The van der Waals surface area contributed by atoms with Crippen molar-refractivity contribution in [1.29, 1.82) is 0 Å². The van der Waals surface area contributed by atoms with Gasteiger partial charge in [-0.1, -0.05) is 157 Å². The molecule has 0 amide bonds. The number of hydrogen-bond donors (Lipinski definition) is 0. The molecule has 0 saturated carbocycles. The number of nitrogens with zero attached hydrogens (tertiary/aromatic N) is 5. The zero-order valence-corrected chi connectivity index (χ0v) is 43.6. The molecule has 0 fully saturated rings. The summed E-state index contributed by atoms with van der Waals surface area (Å²) in [5, 5.41) is 4.81. The van der Waals surface area contributed by atoms with Crippen molar-refractivity contribution < 1.29 is 4.74 Å². The highest BCUT2D eigenvalue weighted by Crippen LogP contribution is 2.48. The van der Waals surface area contributed by atoms with Gasteiger partial charge in [0.05, 0.1) is 33.4 Å². The lowest BCUT2D eigenvalue weighted by Crippen LogP contribution is -2.25. The Bertz CT molecular complexity index is 4100. The molecule has 75 heavy (non-hydrogen) atoms. The lowest BCUT2D eigenvalue weighted by atomic mass is 9.80. The van der Waals surface area contributed by atoms with Crippen LogP contribution in [0.4, 0.5) is 22.7 Å². The lowest BCUT2D eigenvalue weighted by Gasteiger charge is -2.29. The van der Waals surface area contributed by atoms with Gasteiger partial charge in [0.15, 0.2) is 0 Å². The number of benzene rings is 9. The normalized spacial score (nSPS) is 12.9. The molecule has 366 valence electrons. The summed E-state index contributed by atoms with van der Waals surface area (Å²) in [6.45, 7) is 16.7. The van der Waals surface area contributed by atoms with E-state index in [4.69, 9.17) is 9.72 Å². The molecule has 6 nitrogen and oxygen atoms in total. The van der Waals surface area contributed by atoms with Gasteiger partial charge in [0, 0.05) is 62.5 Å². The fourth-order valence-corrected chi connectivity index (χ4v) is 11.2. The molecule has 0 spiro atoms. The van der Waals surface area contributed by atoms with E-state index in [1.165, 1.54) is 60.8 Å². The quantitative estimate of drug-likeness (QED) is 0.152. The molecule has 3 aromatic heterocycles. The summed E-state index contributed by atoms with van der Waals surface area (Å²) in [5.74, 6) is 2.38. The molecule has 0 atom stereocenters. The standard InChI is InChI=1S/C69H59N5O/c1-45-35-67(70-43-60(45)48-21-17-23-52(36-48)73-61-28-14-11-25-56(61)57-26-12-15-29-62(57)73)74-63-30-16-13-27-58(63)59-33-32-55(42-65(59)74)75-54-24-18-22-51(41-54)71-44-72(53-39-49(68(2,3)4)38-50(40-53)69(5,6)7)66-37-47(31-34-64(66)71)46-19-9-8-10-20-46/h8-43H,44H2,1-7H3. The van der Waals surface area contributed by atoms with Crippen LogP contribution >= 0.6 is 0 Å². The number of fused-ring (bicyclic) bond motifs is 7. The highest BCUT2D eigenvalue weighted by molar-refractivity contribution is 6.10. The third kappa shape index (κ3) is 8.09. The largest absolute Gasteiger partial charge is 0.457 e. The van der Waals surface area contributed by atoms with Crippen LogP contribution < -0.4 is 14.5 Å². The summed E-state index contributed by atoms with van der Waals surface area (Å²) in [6.07, 6.45) is 2.03. The van der Waals surface area contributed by atoms with E-state index in [2.05, 4.69) is 280 Å². The van der Waals surface area contributed by atoms with Crippen molar-refractivity contribution in [3.63, 3.8) is 0 Å². The van der Waals surface area contributed by atoms with E-state index in [9.17, 15) is 0 Å². The van der Waals surface area contributed by atoms with Crippen molar-refractivity contribution in [3.05, 3.63) is 235 Å². The van der Waals surface area contributed by atoms with Gasteiger partial charge < -0.3 is 19.1 Å². The van der Waals surface area contributed by atoms with Gasteiger partial charge in [0.2, 0.25) is 0 Å². The van der Waals surface area contributed by atoms with Crippen molar-refractivity contribution in [2.24, 2.45) is 0 Å². The maximum Gasteiger partial charge on any atom is 0.137 e. The van der Waals surface area contributed by atoms with Crippen molar-refractivity contribution in [1.82, 2.24) is 14.1 Å². The Kier molecular flexibility index (Phi) is 10.8. The molecular formula is C69H59N5O. The molecule has 0 N–H and O–H groups in total. The van der Waals surface area contributed by atoms with Gasteiger partial charge in [0.1, 0.15) is 24.0 Å². The van der Waals surface area contributed by atoms with Crippen molar-refractivity contribution >= 4 is 66.4 Å². The number of hydrogen-bond acceptors (Lipinski definition) is 4. The third-order valence-corrected chi connectivity index (χ3v) is 15.2. The Morgan fingerprint density at radius 2 is 0.973 bits per heavy atom. The Labute approximate surface area is 439 Å². The summed E-state index contributed by atoms with van der Waals surface area (Å²) >= 11 is 0. The van der Waals surface area contributed by atoms with E-state index in [1.807, 2.05) is 6.20 Å². The summed E-state index contributed by atoms with van der Waals surface area (Å²) in [7, 11) is 0. The first-order valence-corrected chi connectivity index (χ1v) is 26.1. The Hall–Kier alpha value is -8.87. The van der Waals surface area contributed by atoms with Gasteiger partial charge in [-0.05, 0) is 136 Å². The Balaban J connectivity index is 0.846. The van der Waals surface area contributed by atoms with E-state index in [0.717, 1.165) is 67.5 Å². The molecule has 0 radical (unpaired) electrons. The van der Waals surface area contributed by atoms with Gasteiger partial charge in [-0.15, -0.1) is 0 Å². The van der Waals surface area contributed by atoms with E-state index < -0.39 is 0 Å². The van der Waals surface area contributed by atoms with Crippen molar-refractivity contribution in [2.75, 3.05) is 16.5 Å². The SMILES string of the molecule is Cc1cc(-n2c3ccccc3c3ccc(Oc4cccc(N5CN(c6cc(C(C)(C)C)cc(C(C)(C)C)c6)c6cc(-c7ccccc7)ccc65)c4)cc32)ncc1-c1cccc(-n2c3ccccc3c3ccccc32)c1. The van der Waals surface area contributed by atoms with Crippen LogP contribution in [-0.2, 0) is 10.8 Å². The van der Waals surface area contributed by atoms with Gasteiger partial charge in [-0.25, -0.2) is 4.98 Å². The van der Waals surface area contributed by atoms with Gasteiger partial charge in [-0.2, -0.15) is 0 Å². The molecular weight excluding hydrogens is 915 g/mol. The molecule has 1 aliphatic heterocycles. The number of rotatable bonds is 8. The Morgan fingerprint density at radius 1 is 0.400 bits per heavy atom. The minimum absolute atomic E-state index is 0.0167. The van der Waals surface area contributed by atoms with Crippen molar-refractivity contribution in [2.45, 2.75) is 59.3 Å². The maximum atomic E-state index is 6.88. The number of ether oxygens (including phenoxy) is 1. The van der Waals surface area contributed by atoms with Crippen LogP contribution in [0.5, 0.6) is 11.5 Å². The molecule has 0 unspecified atom stereocenters.